The average Bonchev–Trinajstić information content (AvgIpc) is 2.25. The van der Waals surface area contributed by atoms with Crippen molar-refractivity contribution in [1.82, 2.24) is 4.90 Å². The molecular formula is C12H22N2OS2. The maximum Gasteiger partial charge on any atom is 0.235 e. The topological polar surface area (TPSA) is 46.3 Å². The van der Waals surface area contributed by atoms with Crippen LogP contribution >= 0.6 is 24.0 Å². The minimum Gasteiger partial charge on any atom is -0.392 e. The van der Waals surface area contributed by atoms with Crippen molar-refractivity contribution in [3.8, 4) is 0 Å². The number of amides is 1. The van der Waals surface area contributed by atoms with Gasteiger partial charge in [0, 0.05) is 23.6 Å². The molecule has 0 aromatic heterocycles. The molecule has 1 heterocycles. The first-order valence-electron chi connectivity index (χ1n) is 6.06. The molecule has 0 radical (unpaired) electrons. The van der Waals surface area contributed by atoms with Crippen molar-refractivity contribution in [2.24, 2.45) is 11.1 Å². The molecule has 17 heavy (non-hydrogen) atoms. The highest BCUT2D eigenvalue weighted by Crippen LogP contribution is 2.30. The lowest BCUT2D eigenvalue weighted by Crippen LogP contribution is -2.53. The van der Waals surface area contributed by atoms with E-state index in [1.807, 2.05) is 30.5 Å². The molecule has 3 nitrogen and oxygen atoms in total. The monoisotopic (exact) mass is 274 g/mol. The first-order chi connectivity index (χ1) is 7.81. The number of hydrogen-bond donors (Lipinski definition) is 1. The van der Waals surface area contributed by atoms with E-state index in [9.17, 15) is 4.79 Å². The molecule has 98 valence electrons. The SMILES string of the molecule is CCC(C)(C(=O)N1CC(C)SC(C)C1)C(N)=S. The standard InChI is InChI=1S/C12H22N2OS2/c1-5-12(4,10(13)16)11(15)14-6-8(2)17-9(3)7-14/h8-9H,5-7H2,1-4H3,(H2,13,16). The fourth-order valence-corrected chi connectivity index (χ4v) is 3.68. The molecule has 1 aliphatic rings. The van der Waals surface area contributed by atoms with Crippen molar-refractivity contribution in [2.75, 3.05) is 13.1 Å². The smallest absolute Gasteiger partial charge is 0.235 e. The van der Waals surface area contributed by atoms with Crippen LogP contribution in [0.4, 0.5) is 0 Å². The van der Waals surface area contributed by atoms with Crippen molar-refractivity contribution in [1.29, 1.82) is 0 Å². The predicted molar refractivity (Wildman–Crippen MR) is 78.3 cm³/mol. The van der Waals surface area contributed by atoms with E-state index in [-0.39, 0.29) is 5.91 Å². The van der Waals surface area contributed by atoms with E-state index in [0.29, 0.717) is 21.9 Å². The molecule has 5 heteroatoms. The molecule has 1 rings (SSSR count). The van der Waals surface area contributed by atoms with Crippen LogP contribution in [0.2, 0.25) is 0 Å². The van der Waals surface area contributed by atoms with Gasteiger partial charge in [-0.2, -0.15) is 11.8 Å². The third-order valence-corrected chi connectivity index (χ3v) is 5.11. The molecule has 0 aliphatic carbocycles. The maximum atomic E-state index is 12.5. The molecule has 0 bridgehead atoms. The summed E-state index contributed by atoms with van der Waals surface area (Å²) in [4.78, 5) is 14.8. The number of thiocarbonyl (C=S) groups is 1. The average molecular weight is 274 g/mol. The summed E-state index contributed by atoms with van der Waals surface area (Å²) in [5, 5.41) is 0.963. The number of thioether (sulfide) groups is 1. The first-order valence-corrected chi connectivity index (χ1v) is 7.41. The molecule has 3 atom stereocenters. The van der Waals surface area contributed by atoms with Crippen LogP contribution in [0.1, 0.15) is 34.1 Å². The highest BCUT2D eigenvalue weighted by Gasteiger charge is 2.39. The summed E-state index contributed by atoms with van der Waals surface area (Å²) in [6.07, 6.45) is 0.660. The number of rotatable bonds is 3. The largest absolute Gasteiger partial charge is 0.392 e. The number of hydrogen-bond acceptors (Lipinski definition) is 3. The Labute approximate surface area is 113 Å². The summed E-state index contributed by atoms with van der Waals surface area (Å²) in [5.41, 5.74) is 5.05. The van der Waals surface area contributed by atoms with Crippen molar-refractivity contribution in [3.05, 3.63) is 0 Å². The molecular weight excluding hydrogens is 252 g/mol. The number of nitrogens with zero attached hydrogens (tertiary/aromatic N) is 1. The summed E-state index contributed by atoms with van der Waals surface area (Å²) in [6.45, 7) is 9.73. The van der Waals surface area contributed by atoms with E-state index in [1.54, 1.807) is 0 Å². The molecule has 0 spiro atoms. The zero-order chi connectivity index (χ0) is 13.2. The van der Waals surface area contributed by atoms with Gasteiger partial charge in [0.25, 0.3) is 0 Å². The van der Waals surface area contributed by atoms with E-state index in [4.69, 9.17) is 18.0 Å². The highest BCUT2D eigenvalue weighted by atomic mass is 32.2. The molecule has 3 unspecified atom stereocenters. The summed E-state index contributed by atoms with van der Waals surface area (Å²) >= 11 is 6.99. The minimum atomic E-state index is -0.684. The molecule has 0 aromatic rings. The Kier molecular flexibility index (Phi) is 4.84. The summed E-state index contributed by atoms with van der Waals surface area (Å²) in [6, 6.07) is 0. The zero-order valence-corrected chi connectivity index (χ0v) is 12.7. The van der Waals surface area contributed by atoms with Crippen LogP contribution in [-0.4, -0.2) is 39.4 Å². The second kappa shape index (κ2) is 5.57. The Morgan fingerprint density at radius 3 is 2.29 bits per heavy atom. The van der Waals surface area contributed by atoms with Crippen LogP contribution < -0.4 is 5.73 Å². The lowest BCUT2D eigenvalue weighted by molar-refractivity contribution is -0.137. The number of nitrogens with two attached hydrogens (primary N) is 1. The van der Waals surface area contributed by atoms with Gasteiger partial charge in [0.2, 0.25) is 5.91 Å². The Balaban J connectivity index is 2.84. The second-order valence-electron chi connectivity index (χ2n) is 5.02. The van der Waals surface area contributed by atoms with Gasteiger partial charge >= 0.3 is 0 Å². The van der Waals surface area contributed by atoms with E-state index in [2.05, 4.69) is 13.8 Å². The number of carbonyl (C=O) groups is 1. The van der Waals surface area contributed by atoms with Crippen LogP contribution in [0.3, 0.4) is 0 Å². The molecule has 0 saturated carbocycles. The molecule has 2 N–H and O–H groups in total. The lowest BCUT2D eigenvalue weighted by atomic mass is 9.85. The van der Waals surface area contributed by atoms with Gasteiger partial charge in [-0.25, -0.2) is 0 Å². The van der Waals surface area contributed by atoms with Gasteiger partial charge in [0.15, 0.2) is 0 Å². The Hall–Kier alpha value is -0.290. The fraction of sp³-hybridized carbons (Fsp3) is 0.833. The van der Waals surface area contributed by atoms with Crippen LogP contribution in [0.15, 0.2) is 0 Å². The summed E-state index contributed by atoms with van der Waals surface area (Å²) in [7, 11) is 0. The van der Waals surface area contributed by atoms with Crippen LogP contribution in [0.25, 0.3) is 0 Å². The first kappa shape index (κ1) is 14.8. The Bertz CT molecular complexity index is 312. The van der Waals surface area contributed by atoms with E-state index < -0.39 is 5.41 Å². The van der Waals surface area contributed by atoms with Crippen LogP contribution in [0.5, 0.6) is 0 Å². The predicted octanol–water partition coefficient (Wildman–Crippen LogP) is 2.04. The molecule has 0 aromatic carbocycles. The van der Waals surface area contributed by atoms with Crippen molar-refractivity contribution < 1.29 is 4.79 Å². The van der Waals surface area contributed by atoms with E-state index in [0.717, 1.165) is 13.1 Å². The lowest BCUT2D eigenvalue weighted by Gasteiger charge is -2.39. The van der Waals surface area contributed by atoms with Crippen molar-refractivity contribution >= 4 is 34.9 Å². The molecule has 1 saturated heterocycles. The van der Waals surface area contributed by atoms with E-state index in [1.165, 1.54) is 0 Å². The minimum absolute atomic E-state index is 0.0894. The van der Waals surface area contributed by atoms with Gasteiger partial charge in [-0.15, -0.1) is 0 Å². The molecule has 1 amide bonds. The molecule has 1 aliphatic heterocycles. The third-order valence-electron chi connectivity index (χ3n) is 3.43. The van der Waals surface area contributed by atoms with Crippen molar-refractivity contribution in [2.45, 2.75) is 44.6 Å². The van der Waals surface area contributed by atoms with Crippen LogP contribution in [0, 0.1) is 5.41 Å². The highest BCUT2D eigenvalue weighted by molar-refractivity contribution is 8.00. The van der Waals surface area contributed by atoms with Crippen LogP contribution in [-0.2, 0) is 4.79 Å². The zero-order valence-electron chi connectivity index (χ0n) is 11.0. The summed E-state index contributed by atoms with van der Waals surface area (Å²) in [5.74, 6) is 0.0894. The van der Waals surface area contributed by atoms with Gasteiger partial charge in [0.05, 0.1) is 10.4 Å². The fourth-order valence-electron chi connectivity index (χ4n) is 2.12. The van der Waals surface area contributed by atoms with Gasteiger partial charge in [-0.05, 0) is 13.3 Å². The number of carbonyl (C=O) groups excluding carboxylic acids is 1. The Morgan fingerprint density at radius 2 is 1.94 bits per heavy atom. The summed E-state index contributed by atoms with van der Waals surface area (Å²) < 4.78 is 0. The third kappa shape index (κ3) is 3.13. The Morgan fingerprint density at radius 1 is 1.47 bits per heavy atom. The van der Waals surface area contributed by atoms with Gasteiger partial charge < -0.3 is 10.6 Å². The molecule has 1 fully saturated rings. The van der Waals surface area contributed by atoms with E-state index >= 15 is 0 Å². The quantitative estimate of drug-likeness (QED) is 0.800. The van der Waals surface area contributed by atoms with Gasteiger partial charge in [0.1, 0.15) is 0 Å². The van der Waals surface area contributed by atoms with Crippen molar-refractivity contribution in [3.63, 3.8) is 0 Å². The maximum absolute atomic E-state index is 12.5. The second-order valence-corrected chi connectivity index (χ2v) is 7.34. The normalized spacial score (nSPS) is 28.6. The van der Waals surface area contributed by atoms with Gasteiger partial charge in [-0.1, -0.05) is 33.0 Å². The van der Waals surface area contributed by atoms with Gasteiger partial charge in [-0.3, -0.25) is 4.79 Å².